The van der Waals surface area contributed by atoms with Crippen molar-refractivity contribution < 1.29 is 4.39 Å². The average Bonchev–Trinajstić information content (AvgIpc) is 3.27. The zero-order valence-corrected chi connectivity index (χ0v) is 19.6. The lowest BCUT2D eigenvalue weighted by Crippen LogP contribution is -2.47. The van der Waals surface area contributed by atoms with E-state index in [9.17, 15) is 4.39 Å². The first-order chi connectivity index (χ1) is 16.0. The van der Waals surface area contributed by atoms with Crippen LogP contribution < -0.4 is 14.7 Å². The number of hydrogen-bond donors (Lipinski definition) is 0. The third-order valence-electron chi connectivity index (χ3n) is 6.48. The topological polar surface area (TPSA) is 61.3 Å². The SMILES string of the molecule is Cc1nccnc1N1CCN(c2cc(-c3ccc(F)c(Cl)c3)nc(N3CCCC3C)n2)CC1. The molecule has 5 rings (SSSR count). The molecule has 7 nitrogen and oxygen atoms in total. The van der Waals surface area contributed by atoms with Crippen LogP contribution in [0.2, 0.25) is 5.02 Å². The fourth-order valence-corrected chi connectivity index (χ4v) is 4.78. The number of benzene rings is 1. The highest BCUT2D eigenvalue weighted by Crippen LogP contribution is 2.31. The molecule has 1 unspecified atom stereocenters. The van der Waals surface area contributed by atoms with E-state index in [0.717, 1.165) is 80.1 Å². The summed E-state index contributed by atoms with van der Waals surface area (Å²) in [6, 6.07) is 7.12. The van der Waals surface area contributed by atoms with Crippen LogP contribution in [-0.2, 0) is 0 Å². The van der Waals surface area contributed by atoms with Gasteiger partial charge in [0.05, 0.1) is 16.4 Å². The van der Waals surface area contributed by atoms with Crippen LogP contribution in [0.5, 0.6) is 0 Å². The molecule has 2 fully saturated rings. The molecule has 2 aliphatic heterocycles. The van der Waals surface area contributed by atoms with Gasteiger partial charge in [0.1, 0.15) is 17.5 Å². The normalized spacial score (nSPS) is 18.8. The molecule has 4 heterocycles. The van der Waals surface area contributed by atoms with E-state index in [1.807, 2.05) is 13.0 Å². The minimum Gasteiger partial charge on any atom is -0.353 e. The Hall–Kier alpha value is -3.00. The van der Waals surface area contributed by atoms with Gasteiger partial charge in [-0.2, -0.15) is 4.98 Å². The van der Waals surface area contributed by atoms with E-state index in [1.165, 1.54) is 6.07 Å². The maximum absolute atomic E-state index is 13.8. The molecule has 3 aromatic rings. The van der Waals surface area contributed by atoms with Crippen molar-refractivity contribution in [3.8, 4) is 11.3 Å². The van der Waals surface area contributed by atoms with Gasteiger partial charge in [0.15, 0.2) is 0 Å². The van der Waals surface area contributed by atoms with E-state index in [-0.39, 0.29) is 5.02 Å². The molecule has 0 radical (unpaired) electrons. The summed E-state index contributed by atoms with van der Waals surface area (Å²) < 4.78 is 13.8. The summed E-state index contributed by atoms with van der Waals surface area (Å²) in [4.78, 5) is 25.5. The molecule has 2 aliphatic rings. The van der Waals surface area contributed by atoms with Gasteiger partial charge in [-0.25, -0.2) is 14.4 Å². The van der Waals surface area contributed by atoms with E-state index in [4.69, 9.17) is 21.6 Å². The Morgan fingerprint density at radius 2 is 1.73 bits per heavy atom. The average molecular weight is 468 g/mol. The van der Waals surface area contributed by atoms with E-state index < -0.39 is 5.82 Å². The molecule has 2 saturated heterocycles. The second kappa shape index (κ2) is 9.09. The van der Waals surface area contributed by atoms with E-state index in [1.54, 1.807) is 24.5 Å². The van der Waals surface area contributed by atoms with Gasteiger partial charge in [-0.15, -0.1) is 0 Å². The molecule has 0 spiro atoms. The first kappa shape index (κ1) is 21.8. The van der Waals surface area contributed by atoms with Gasteiger partial charge in [0.2, 0.25) is 5.95 Å². The number of anilines is 3. The smallest absolute Gasteiger partial charge is 0.228 e. The summed E-state index contributed by atoms with van der Waals surface area (Å²) in [7, 11) is 0. The van der Waals surface area contributed by atoms with Crippen molar-refractivity contribution in [2.75, 3.05) is 47.4 Å². The Labute approximate surface area is 198 Å². The third-order valence-corrected chi connectivity index (χ3v) is 6.77. The third kappa shape index (κ3) is 4.44. The van der Waals surface area contributed by atoms with Crippen LogP contribution in [0.1, 0.15) is 25.5 Å². The van der Waals surface area contributed by atoms with Gasteiger partial charge in [0.25, 0.3) is 0 Å². The van der Waals surface area contributed by atoms with Gasteiger partial charge in [0, 0.05) is 62.8 Å². The van der Waals surface area contributed by atoms with Crippen molar-refractivity contribution in [3.63, 3.8) is 0 Å². The number of hydrogen-bond acceptors (Lipinski definition) is 7. The molecule has 0 bridgehead atoms. The van der Waals surface area contributed by atoms with Crippen LogP contribution in [0.25, 0.3) is 11.3 Å². The van der Waals surface area contributed by atoms with Gasteiger partial charge < -0.3 is 14.7 Å². The molecule has 0 N–H and O–H groups in total. The highest BCUT2D eigenvalue weighted by atomic mass is 35.5. The lowest BCUT2D eigenvalue weighted by Gasteiger charge is -2.36. The molecule has 2 aromatic heterocycles. The predicted octanol–water partition coefficient (Wildman–Crippen LogP) is 4.35. The molecule has 1 atom stereocenters. The summed E-state index contributed by atoms with van der Waals surface area (Å²) in [5.41, 5.74) is 2.48. The maximum Gasteiger partial charge on any atom is 0.228 e. The van der Waals surface area contributed by atoms with Crippen LogP contribution in [0.3, 0.4) is 0 Å². The molecule has 1 aromatic carbocycles. The largest absolute Gasteiger partial charge is 0.353 e. The molecule has 172 valence electrons. The zero-order valence-electron chi connectivity index (χ0n) is 18.9. The Kier molecular flexibility index (Phi) is 6.01. The second-order valence-electron chi connectivity index (χ2n) is 8.66. The van der Waals surface area contributed by atoms with Crippen molar-refractivity contribution in [3.05, 3.63) is 53.2 Å². The Morgan fingerprint density at radius 3 is 2.42 bits per heavy atom. The molecule has 9 heteroatoms. The number of aryl methyl sites for hydroxylation is 1. The summed E-state index contributed by atoms with van der Waals surface area (Å²) in [6.45, 7) is 8.42. The van der Waals surface area contributed by atoms with Crippen LogP contribution in [0.4, 0.5) is 22.0 Å². The van der Waals surface area contributed by atoms with Crippen molar-refractivity contribution in [1.82, 2.24) is 19.9 Å². The summed E-state index contributed by atoms with van der Waals surface area (Å²) in [6.07, 6.45) is 5.72. The minimum atomic E-state index is -0.432. The van der Waals surface area contributed by atoms with Crippen molar-refractivity contribution >= 4 is 29.2 Å². The second-order valence-corrected chi connectivity index (χ2v) is 9.07. The van der Waals surface area contributed by atoms with E-state index >= 15 is 0 Å². The molecular weight excluding hydrogens is 441 g/mol. The van der Waals surface area contributed by atoms with Crippen LogP contribution in [0, 0.1) is 12.7 Å². The number of rotatable bonds is 4. The lowest BCUT2D eigenvalue weighted by molar-refractivity contribution is 0.628. The fourth-order valence-electron chi connectivity index (χ4n) is 4.60. The predicted molar refractivity (Wildman–Crippen MR) is 130 cm³/mol. The fraction of sp³-hybridized carbons (Fsp3) is 0.417. The summed E-state index contributed by atoms with van der Waals surface area (Å²) >= 11 is 6.07. The quantitative estimate of drug-likeness (QED) is 0.565. The van der Waals surface area contributed by atoms with Crippen LogP contribution >= 0.6 is 11.6 Å². The number of nitrogens with zero attached hydrogens (tertiary/aromatic N) is 7. The Balaban J connectivity index is 1.45. The maximum atomic E-state index is 13.8. The van der Waals surface area contributed by atoms with Gasteiger partial charge in [-0.1, -0.05) is 11.6 Å². The molecule has 0 saturated carbocycles. The van der Waals surface area contributed by atoms with Gasteiger partial charge >= 0.3 is 0 Å². The van der Waals surface area contributed by atoms with E-state index in [2.05, 4.69) is 31.6 Å². The number of aromatic nitrogens is 4. The summed E-state index contributed by atoms with van der Waals surface area (Å²) in [5, 5.41) is 0.0942. The van der Waals surface area contributed by atoms with Crippen molar-refractivity contribution in [2.24, 2.45) is 0 Å². The highest BCUT2D eigenvalue weighted by molar-refractivity contribution is 6.31. The number of piperazine rings is 1. The van der Waals surface area contributed by atoms with Crippen LogP contribution in [0.15, 0.2) is 36.7 Å². The first-order valence-corrected chi connectivity index (χ1v) is 11.8. The molecular formula is C24H27ClFN7. The summed E-state index contributed by atoms with van der Waals surface area (Å²) in [5.74, 6) is 2.11. The Bertz CT molecular complexity index is 1150. The zero-order chi connectivity index (χ0) is 22.9. The lowest BCUT2D eigenvalue weighted by atomic mass is 10.1. The molecule has 0 amide bonds. The van der Waals surface area contributed by atoms with Crippen molar-refractivity contribution in [1.29, 1.82) is 0 Å². The Morgan fingerprint density at radius 1 is 0.970 bits per heavy atom. The van der Waals surface area contributed by atoms with Crippen LogP contribution in [-0.4, -0.2) is 58.7 Å². The standard InChI is InChI=1S/C24H27ClFN7/c1-16-4-3-9-33(16)24-29-21(18-5-6-20(26)19(25)14-18)15-22(30-24)31-10-12-32(13-11-31)23-17(2)27-7-8-28-23/h5-8,14-16H,3-4,9-13H2,1-2H3. The van der Waals surface area contributed by atoms with E-state index in [0.29, 0.717) is 6.04 Å². The monoisotopic (exact) mass is 467 g/mol. The highest BCUT2D eigenvalue weighted by Gasteiger charge is 2.26. The minimum absolute atomic E-state index is 0.0942. The molecule has 0 aliphatic carbocycles. The molecule has 33 heavy (non-hydrogen) atoms. The van der Waals surface area contributed by atoms with Gasteiger partial charge in [-0.3, -0.25) is 4.98 Å². The first-order valence-electron chi connectivity index (χ1n) is 11.4. The number of halogens is 2. The van der Waals surface area contributed by atoms with Crippen molar-refractivity contribution in [2.45, 2.75) is 32.7 Å². The van der Waals surface area contributed by atoms with Gasteiger partial charge in [-0.05, 0) is 44.9 Å².